The summed E-state index contributed by atoms with van der Waals surface area (Å²) < 4.78 is 37.6. The molecule has 1 aliphatic rings. The van der Waals surface area contributed by atoms with Crippen molar-refractivity contribution in [2.75, 3.05) is 25.6 Å². The molecular formula is C14H17F2NO3. The Morgan fingerprint density at radius 2 is 2.20 bits per heavy atom. The number of hydrogen-bond donors (Lipinski definition) is 1. The second-order valence-electron chi connectivity index (χ2n) is 5.04. The average molecular weight is 285 g/mol. The minimum absolute atomic E-state index is 0.00637. The van der Waals surface area contributed by atoms with E-state index in [1.807, 2.05) is 6.92 Å². The van der Waals surface area contributed by atoms with Gasteiger partial charge in [0.15, 0.2) is 11.6 Å². The molecule has 0 spiro atoms. The lowest BCUT2D eigenvalue weighted by Crippen LogP contribution is -2.32. The van der Waals surface area contributed by atoms with E-state index in [0.717, 1.165) is 20.0 Å². The highest BCUT2D eigenvalue weighted by atomic mass is 19.2. The fourth-order valence-electron chi connectivity index (χ4n) is 2.21. The van der Waals surface area contributed by atoms with Crippen LogP contribution in [0.15, 0.2) is 12.1 Å². The molecule has 1 atom stereocenters. The van der Waals surface area contributed by atoms with Crippen LogP contribution < -0.4 is 5.32 Å². The molecule has 0 radical (unpaired) electrons. The highest BCUT2D eigenvalue weighted by molar-refractivity contribution is 5.90. The summed E-state index contributed by atoms with van der Waals surface area (Å²) in [6.07, 6.45) is 1.82. The van der Waals surface area contributed by atoms with Crippen molar-refractivity contribution in [3.63, 3.8) is 0 Å². The van der Waals surface area contributed by atoms with Crippen molar-refractivity contribution in [1.29, 1.82) is 0 Å². The molecular weight excluding hydrogens is 268 g/mol. The lowest BCUT2D eigenvalue weighted by Gasteiger charge is -2.24. The van der Waals surface area contributed by atoms with Gasteiger partial charge < -0.3 is 14.8 Å². The van der Waals surface area contributed by atoms with Gasteiger partial charge in [0.1, 0.15) is 0 Å². The van der Waals surface area contributed by atoms with Crippen LogP contribution in [0.5, 0.6) is 0 Å². The largest absolute Gasteiger partial charge is 0.465 e. The zero-order valence-electron chi connectivity index (χ0n) is 11.5. The molecule has 0 aromatic heterocycles. The summed E-state index contributed by atoms with van der Waals surface area (Å²) in [4.78, 5) is 11.2. The molecule has 1 aromatic rings. The molecule has 20 heavy (non-hydrogen) atoms. The number of rotatable bonds is 4. The SMILES string of the molecule is COC(=O)c1ccc(NCC2(C)CCCO2)c(F)c1F. The summed E-state index contributed by atoms with van der Waals surface area (Å²) in [7, 11) is 1.12. The fraction of sp³-hybridized carbons (Fsp3) is 0.500. The standard InChI is InChI=1S/C14H17F2NO3/c1-14(6-3-7-20-14)8-17-10-5-4-9(13(18)19-2)11(15)12(10)16/h4-5,17H,3,6-8H2,1-2H3. The minimum atomic E-state index is -1.21. The summed E-state index contributed by atoms with van der Waals surface area (Å²) in [6, 6.07) is 2.52. The Morgan fingerprint density at radius 3 is 2.80 bits per heavy atom. The molecule has 1 fully saturated rings. The summed E-state index contributed by atoms with van der Waals surface area (Å²) in [5, 5.41) is 2.83. The molecule has 1 unspecified atom stereocenters. The van der Waals surface area contributed by atoms with Gasteiger partial charge in [0.2, 0.25) is 0 Å². The molecule has 1 aliphatic heterocycles. The Kier molecular flexibility index (Phi) is 4.23. The smallest absolute Gasteiger partial charge is 0.340 e. The number of anilines is 1. The monoisotopic (exact) mass is 285 g/mol. The Bertz CT molecular complexity index is 513. The zero-order valence-corrected chi connectivity index (χ0v) is 11.5. The van der Waals surface area contributed by atoms with E-state index in [1.54, 1.807) is 0 Å². The lowest BCUT2D eigenvalue weighted by atomic mass is 10.0. The van der Waals surface area contributed by atoms with Gasteiger partial charge in [-0.25, -0.2) is 13.6 Å². The molecule has 2 rings (SSSR count). The van der Waals surface area contributed by atoms with Crippen molar-refractivity contribution in [1.82, 2.24) is 0 Å². The van der Waals surface area contributed by atoms with Crippen LogP contribution in [0.4, 0.5) is 14.5 Å². The maximum atomic E-state index is 13.9. The van der Waals surface area contributed by atoms with Gasteiger partial charge in [-0.05, 0) is 31.9 Å². The van der Waals surface area contributed by atoms with Crippen LogP contribution in [0.25, 0.3) is 0 Å². The topological polar surface area (TPSA) is 47.6 Å². The summed E-state index contributed by atoms with van der Waals surface area (Å²) in [5.41, 5.74) is -0.782. The molecule has 6 heteroatoms. The number of carbonyl (C=O) groups excluding carboxylic acids is 1. The Morgan fingerprint density at radius 1 is 1.45 bits per heavy atom. The Balaban J connectivity index is 2.13. The van der Waals surface area contributed by atoms with E-state index in [-0.39, 0.29) is 11.3 Å². The fourth-order valence-corrected chi connectivity index (χ4v) is 2.21. The number of methoxy groups -OCH3 is 1. The molecule has 1 saturated heterocycles. The van der Waals surface area contributed by atoms with Gasteiger partial charge in [-0.3, -0.25) is 0 Å². The third kappa shape index (κ3) is 2.90. The van der Waals surface area contributed by atoms with Crippen LogP contribution in [0.1, 0.15) is 30.1 Å². The third-order valence-corrected chi connectivity index (χ3v) is 3.44. The van der Waals surface area contributed by atoms with E-state index in [2.05, 4.69) is 10.1 Å². The van der Waals surface area contributed by atoms with Crippen molar-refractivity contribution < 1.29 is 23.0 Å². The lowest BCUT2D eigenvalue weighted by molar-refractivity contribution is 0.0314. The number of carbonyl (C=O) groups is 1. The van der Waals surface area contributed by atoms with E-state index in [4.69, 9.17) is 4.74 Å². The Hall–Kier alpha value is -1.69. The second kappa shape index (κ2) is 5.75. The second-order valence-corrected chi connectivity index (χ2v) is 5.04. The van der Waals surface area contributed by atoms with Gasteiger partial charge in [0.25, 0.3) is 0 Å². The van der Waals surface area contributed by atoms with Crippen LogP contribution in [0.2, 0.25) is 0 Å². The van der Waals surface area contributed by atoms with Crippen LogP contribution >= 0.6 is 0 Å². The van der Waals surface area contributed by atoms with Crippen molar-refractivity contribution in [3.8, 4) is 0 Å². The molecule has 110 valence electrons. The maximum Gasteiger partial charge on any atom is 0.340 e. The first-order valence-corrected chi connectivity index (χ1v) is 6.41. The predicted molar refractivity (Wildman–Crippen MR) is 69.8 cm³/mol. The van der Waals surface area contributed by atoms with Crippen molar-refractivity contribution in [3.05, 3.63) is 29.3 Å². The molecule has 0 amide bonds. The predicted octanol–water partition coefficient (Wildman–Crippen LogP) is 2.73. The molecule has 1 aromatic carbocycles. The van der Waals surface area contributed by atoms with Gasteiger partial charge >= 0.3 is 5.97 Å². The molecule has 1 N–H and O–H groups in total. The van der Waals surface area contributed by atoms with Gasteiger partial charge in [-0.15, -0.1) is 0 Å². The molecule has 1 heterocycles. The first-order valence-electron chi connectivity index (χ1n) is 6.41. The zero-order chi connectivity index (χ0) is 14.8. The Labute approximate surface area is 116 Å². The minimum Gasteiger partial charge on any atom is -0.465 e. The van der Waals surface area contributed by atoms with Gasteiger partial charge in [0.05, 0.1) is 24.0 Å². The summed E-state index contributed by atoms with van der Waals surface area (Å²) in [6.45, 7) is 2.97. The number of ether oxygens (including phenoxy) is 2. The maximum absolute atomic E-state index is 13.9. The molecule has 0 saturated carbocycles. The average Bonchev–Trinajstić information content (AvgIpc) is 2.87. The van der Waals surface area contributed by atoms with E-state index >= 15 is 0 Å². The van der Waals surface area contributed by atoms with E-state index < -0.39 is 23.2 Å². The highest BCUT2D eigenvalue weighted by Gasteiger charge is 2.30. The number of nitrogens with one attached hydrogen (secondary N) is 1. The summed E-state index contributed by atoms with van der Waals surface area (Å²) >= 11 is 0. The summed E-state index contributed by atoms with van der Waals surface area (Å²) in [5.74, 6) is -3.20. The number of esters is 1. The highest BCUT2D eigenvalue weighted by Crippen LogP contribution is 2.27. The number of benzene rings is 1. The quantitative estimate of drug-likeness (QED) is 0.864. The van der Waals surface area contributed by atoms with Crippen LogP contribution in [0, 0.1) is 11.6 Å². The van der Waals surface area contributed by atoms with E-state index in [0.29, 0.717) is 13.2 Å². The molecule has 0 aliphatic carbocycles. The molecule has 4 nitrogen and oxygen atoms in total. The van der Waals surface area contributed by atoms with Gasteiger partial charge in [-0.1, -0.05) is 0 Å². The van der Waals surface area contributed by atoms with Crippen molar-refractivity contribution in [2.45, 2.75) is 25.4 Å². The van der Waals surface area contributed by atoms with Crippen molar-refractivity contribution >= 4 is 11.7 Å². The van der Waals surface area contributed by atoms with Gasteiger partial charge in [0, 0.05) is 13.2 Å². The first-order chi connectivity index (χ1) is 9.47. The van der Waals surface area contributed by atoms with Crippen LogP contribution in [0.3, 0.4) is 0 Å². The number of halogens is 2. The number of hydrogen-bond acceptors (Lipinski definition) is 4. The van der Waals surface area contributed by atoms with Crippen molar-refractivity contribution in [2.24, 2.45) is 0 Å². The van der Waals surface area contributed by atoms with Gasteiger partial charge in [-0.2, -0.15) is 0 Å². The van der Waals surface area contributed by atoms with E-state index in [1.165, 1.54) is 12.1 Å². The van der Waals surface area contributed by atoms with Crippen LogP contribution in [-0.2, 0) is 9.47 Å². The van der Waals surface area contributed by atoms with Crippen LogP contribution in [-0.4, -0.2) is 31.8 Å². The van der Waals surface area contributed by atoms with E-state index in [9.17, 15) is 13.6 Å². The third-order valence-electron chi connectivity index (χ3n) is 3.44. The molecule has 0 bridgehead atoms. The first kappa shape index (κ1) is 14.7. The normalized spacial score (nSPS) is 21.8.